The number of hydrogen-bond acceptors (Lipinski definition) is 3. The molecule has 0 spiro atoms. The van der Waals surface area contributed by atoms with Crippen molar-refractivity contribution in [3.63, 3.8) is 0 Å². The summed E-state index contributed by atoms with van der Waals surface area (Å²) in [6, 6.07) is 4.46. The number of pyridine rings is 1. The number of piperidine rings is 1. The van der Waals surface area contributed by atoms with E-state index in [2.05, 4.69) is 4.98 Å². The monoisotopic (exact) mass is 272 g/mol. The molecule has 1 aliphatic rings. The van der Waals surface area contributed by atoms with Gasteiger partial charge in [0, 0.05) is 32.0 Å². The first-order valence-corrected chi connectivity index (χ1v) is 6.35. The Balaban J connectivity index is 1.85. The molecule has 0 atom stereocenters. The standard InChI is InChI=1S/C12H14ClFN2O2/c13-8-12(17)16-6-4-9(5-7-16)18-11-3-1-2-10(14)15-11/h1-3,9H,4-8H2. The van der Waals surface area contributed by atoms with Gasteiger partial charge in [-0.3, -0.25) is 4.79 Å². The number of carbonyl (C=O) groups excluding carboxylic acids is 1. The Morgan fingerprint density at radius 1 is 1.50 bits per heavy atom. The summed E-state index contributed by atoms with van der Waals surface area (Å²) in [5, 5.41) is 0. The predicted molar refractivity (Wildman–Crippen MR) is 65.1 cm³/mol. The summed E-state index contributed by atoms with van der Waals surface area (Å²) in [6.45, 7) is 1.23. The van der Waals surface area contributed by atoms with E-state index in [4.69, 9.17) is 16.3 Å². The van der Waals surface area contributed by atoms with E-state index in [-0.39, 0.29) is 23.8 Å². The molecule has 6 heteroatoms. The molecule has 2 rings (SSSR count). The minimum atomic E-state index is -0.553. The molecule has 1 aromatic heterocycles. The average molecular weight is 273 g/mol. The van der Waals surface area contributed by atoms with Gasteiger partial charge in [-0.25, -0.2) is 0 Å². The molecule has 98 valence electrons. The van der Waals surface area contributed by atoms with E-state index in [9.17, 15) is 9.18 Å². The van der Waals surface area contributed by atoms with Gasteiger partial charge < -0.3 is 9.64 Å². The molecule has 0 aromatic carbocycles. The van der Waals surface area contributed by atoms with Crippen LogP contribution in [0.15, 0.2) is 18.2 Å². The van der Waals surface area contributed by atoms with E-state index >= 15 is 0 Å². The molecule has 18 heavy (non-hydrogen) atoms. The molecule has 1 fully saturated rings. The zero-order valence-corrected chi connectivity index (χ0v) is 10.6. The minimum absolute atomic E-state index is 0.0109. The van der Waals surface area contributed by atoms with E-state index in [0.29, 0.717) is 25.9 Å². The first kappa shape index (κ1) is 13.1. The average Bonchev–Trinajstić information content (AvgIpc) is 2.39. The summed E-state index contributed by atoms with van der Waals surface area (Å²) in [6.07, 6.45) is 1.39. The normalized spacial score (nSPS) is 16.7. The molecule has 0 aliphatic carbocycles. The number of carbonyl (C=O) groups is 1. The maximum Gasteiger partial charge on any atom is 0.237 e. The van der Waals surface area contributed by atoms with Gasteiger partial charge in [-0.05, 0) is 6.07 Å². The van der Waals surface area contributed by atoms with Gasteiger partial charge >= 0.3 is 0 Å². The van der Waals surface area contributed by atoms with Crippen molar-refractivity contribution in [2.24, 2.45) is 0 Å². The number of nitrogens with zero attached hydrogens (tertiary/aromatic N) is 2. The number of likely N-dealkylation sites (tertiary alicyclic amines) is 1. The van der Waals surface area contributed by atoms with E-state index in [1.54, 1.807) is 17.0 Å². The fourth-order valence-electron chi connectivity index (χ4n) is 1.93. The molecule has 2 heterocycles. The minimum Gasteiger partial charge on any atom is -0.474 e. The Bertz CT molecular complexity index is 422. The van der Waals surface area contributed by atoms with Gasteiger partial charge in [0.2, 0.25) is 17.7 Å². The van der Waals surface area contributed by atoms with E-state index in [1.807, 2.05) is 0 Å². The summed E-state index contributed by atoms with van der Waals surface area (Å²) in [5.41, 5.74) is 0. The zero-order chi connectivity index (χ0) is 13.0. The molecule has 1 aromatic rings. The SMILES string of the molecule is O=C(CCl)N1CCC(Oc2cccc(F)n2)CC1. The van der Waals surface area contributed by atoms with Crippen LogP contribution >= 0.6 is 11.6 Å². The van der Waals surface area contributed by atoms with Crippen LogP contribution in [0.1, 0.15) is 12.8 Å². The Hall–Kier alpha value is -1.36. The molecule has 1 saturated heterocycles. The van der Waals surface area contributed by atoms with E-state index < -0.39 is 5.95 Å². The number of amides is 1. The number of alkyl halides is 1. The highest BCUT2D eigenvalue weighted by Gasteiger charge is 2.23. The first-order valence-electron chi connectivity index (χ1n) is 5.82. The van der Waals surface area contributed by atoms with Gasteiger partial charge in [0.15, 0.2) is 0 Å². The van der Waals surface area contributed by atoms with Gasteiger partial charge in [0.1, 0.15) is 12.0 Å². The smallest absolute Gasteiger partial charge is 0.237 e. The van der Waals surface area contributed by atoms with Crippen molar-refractivity contribution in [3.8, 4) is 5.88 Å². The van der Waals surface area contributed by atoms with Crippen LogP contribution in [0.25, 0.3) is 0 Å². The zero-order valence-electron chi connectivity index (χ0n) is 9.81. The molecule has 4 nitrogen and oxygen atoms in total. The number of halogens is 2. The third-order valence-electron chi connectivity index (χ3n) is 2.89. The van der Waals surface area contributed by atoms with E-state index in [1.165, 1.54) is 6.07 Å². The fraction of sp³-hybridized carbons (Fsp3) is 0.500. The molecule has 0 saturated carbocycles. The maximum absolute atomic E-state index is 12.9. The van der Waals surface area contributed by atoms with Gasteiger partial charge in [-0.15, -0.1) is 11.6 Å². The van der Waals surface area contributed by atoms with Gasteiger partial charge in [0.05, 0.1) is 0 Å². The maximum atomic E-state index is 12.9. The largest absolute Gasteiger partial charge is 0.474 e. The van der Waals surface area contributed by atoms with Crippen LogP contribution in [0.4, 0.5) is 4.39 Å². The van der Waals surface area contributed by atoms with Crippen molar-refractivity contribution >= 4 is 17.5 Å². The Morgan fingerprint density at radius 3 is 2.83 bits per heavy atom. The molecule has 0 bridgehead atoms. The highest BCUT2D eigenvalue weighted by Crippen LogP contribution is 2.17. The molecule has 0 unspecified atom stereocenters. The van der Waals surface area contributed by atoms with Crippen molar-refractivity contribution in [1.82, 2.24) is 9.88 Å². The lowest BCUT2D eigenvalue weighted by Gasteiger charge is -2.31. The van der Waals surface area contributed by atoms with Crippen LogP contribution < -0.4 is 4.74 Å². The molecule has 0 radical (unpaired) electrons. The number of hydrogen-bond donors (Lipinski definition) is 0. The summed E-state index contributed by atoms with van der Waals surface area (Å²) < 4.78 is 18.5. The second-order valence-electron chi connectivity index (χ2n) is 4.13. The summed E-state index contributed by atoms with van der Waals surface area (Å²) in [5.74, 6) is -0.310. The summed E-state index contributed by atoms with van der Waals surface area (Å²) >= 11 is 5.49. The third kappa shape index (κ3) is 3.32. The van der Waals surface area contributed by atoms with Crippen molar-refractivity contribution in [3.05, 3.63) is 24.1 Å². The van der Waals surface area contributed by atoms with Crippen molar-refractivity contribution in [2.45, 2.75) is 18.9 Å². The van der Waals surface area contributed by atoms with Crippen LogP contribution in [0.3, 0.4) is 0 Å². The number of rotatable bonds is 3. The summed E-state index contributed by atoms with van der Waals surface area (Å²) in [4.78, 5) is 16.7. The topological polar surface area (TPSA) is 42.4 Å². The van der Waals surface area contributed by atoms with Crippen molar-refractivity contribution in [1.29, 1.82) is 0 Å². The molecule has 0 N–H and O–H groups in total. The first-order chi connectivity index (χ1) is 8.69. The Kier molecular flexibility index (Phi) is 4.36. The fourth-order valence-corrected chi connectivity index (χ4v) is 2.10. The van der Waals surface area contributed by atoms with Crippen LogP contribution in [-0.2, 0) is 4.79 Å². The lowest BCUT2D eigenvalue weighted by atomic mass is 10.1. The van der Waals surface area contributed by atoms with Crippen LogP contribution in [-0.4, -0.2) is 40.9 Å². The lowest BCUT2D eigenvalue weighted by molar-refractivity contribution is -0.130. The lowest BCUT2D eigenvalue weighted by Crippen LogP contribution is -2.42. The predicted octanol–water partition coefficient (Wildman–Crippen LogP) is 1.83. The highest BCUT2D eigenvalue weighted by atomic mass is 35.5. The van der Waals surface area contributed by atoms with Crippen molar-refractivity contribution in [2.75, 3.05) is 19.0 Å². The Labute approximate surface area is 110 Å². The highest BCUT2D eigenvalue weighted by molar-refractivity contribution is 6.27. The van der Waals surface area contributed by atoms with Gasteiger partial charge in [-0.2, -0.15) is 9.37 Å². The van der Waals surface area contributed by atoms with Crippen LogP contribution in [0.2, 0.25) is 0 Å². The molecular formula is C12H14ClFN2O2. The second-order valence-corrected chi connectivity index (χ2v) is 4.40. The van der Waals surface area contributed by atoms with Crippen LogP contribution in [0.5, 0.6) is 5.88 Å². The number of ether oxygens (including phenoxy) is 1. The second kappa shape index (κ2) is 6.00. The quantitative estimate of drug-likeness (QED) is 0.623. The van der Waals surface area contributed by atoms with Gasteiger partial charge in [-0.1, -0.05) is 6.07 Å². The number of aromatic nitrogens is 1. The molecular weight excluding hydrogens is 259 g/mol. The van der Waals surface area contributed by atoms with Gasteiger partial charge in [0.25, 0.3) is 0 Å². The van der Waals surface area contributed by atoms with Crippen LogP contribution in [0, 0.1) is 5.95 Å². The van der Waals surface area contributed by atoms with E-state index in [0.717, 1.165) is 0 Å². The summed E-state index contributed by atoms with van der Waals surface area (Å²) in [7, 11) is 0. The molecule has 1 aliphatic heterocycles. The molecule has 1 amide bonds. The van der Waals surface area contributed by atoms with Crippen molar-refractivity contribution < 1.29 is 13.9 Å². The Morgan fingerprint density at radius 2 is 2.22 bits per heavy atom. The third-order valence-corrected chi connectivity index (χ3v) is 3.11.